The Balaban J connectivity index is 2.26. The van der Waals surface area contributed by atoms with E-state index in [0.29, 0.717) is 0 Å². The van der Waals surface area contributed by atoms with Gasteiger partial charge in [0.25, 0.3) is 0 Å². The van der Waals surface area contributed by atoms with Gasteiger partial charge >= 0.3 is 12.0 Å². The number of hydrogen-bond donors (Lipinski definition) is 3. The average molecular weight is 287 g/mol. The molecule has 0 aromatic carbocycles. The average Bonchev–Trinajstić information content (AvgIpc) is 2.43. The molecular formula is C13H25N3O4. The van der Waals surface area contributed by atoms with Crippen LogP contribution in [-0.4, -0.2) is 67.4 Å². The Hall–Kier alpha value is -1.34. The van der Waals surface area contributed by atoms with Gasteiger partial charge in [-0.15, -0.1) is 0 Å². The van der Waals surface area contributed by atoms with Crippen molar-refractivity contribution in [1.29, 1.82) is 0 Å². The van der Waals surface area contributed by atoms with E-state index in [4.69, 9.17) is 9.84 Å². The van der Waals surface area contributed by atoms with E-state index >= 15 is 0 Å². The van der Waals surface area contributed by atoms with Crippen LogP contribution in [0.5, 0.6) is 0 Å². The summed E-state index contributed by atoms with van der Waals surface area (Å²) in [4.78, 5) is 24.7. The molecule has 1 rings (SSSR count). The van der Waals surface area contributed by atoms with Gasteiger partial charge in [-0.1, -0.05) is 6.92 Å². The number of rotatable bonds is 7. The van der Waals surface area contributed by atoms with Gasteiger partial charge in [0, 0.05) is 26.2 Å². The lowest BCUT2D eigenvalue weighted by Gasteiger charge is -2.32. The van der Waals surface area contributed by atoms with Crippen LogP contribution < -0.4 is 10.6 Å². The number of methoxy groups -OCH3 is 1. The lowest BCUT2D eigenvalue weighted by atomic mass is 10.1. The molecule has 116 valence electrons. The molecule has 1 saturated heterocycles. The molecule has 20 heavy (non-hydrogen) atoms. The number of amides is 2. The van der Waals surface area contributed by atoms with Crippen LogP contribution in [0.2, 0.25) is 0 Å². The molecule has 3 N–H and O–H groups in total. The monoisotopic (exact) mass is 287 g/mol. The molecule has 2 amide bonds. The van der Waals surface area contributed by atoms with Crippen molar-refractivity contribution in [3.63, 3.8) is 0 Å². The van der Waals surface area contributed by atoms with Gasteiger partial charge in [0.15, 0.2) is 0 Å². The molecule has 1 fully saturated rings. The number of likely N-dealkylation sites (N-methyl/N-ethyl adjacent to an activating group) is 1. The van der Waals surface area contributed by atoms with E-state index in [-0.39, 0.29) is 25.0 Å². The summed E-state index contributed by atoms with van der Waals surface area (Å²) in [5.74, 6) is -0.940. The van der Waals surface area contributed by atoms with Crippen molar-refractivity contribution in [2.45, 2.75) is 38.3 Å². The quantitative estimate of drug-likeness (QED) is 0.625. The Kier molecular flexibility index (Phi) is 7.32. The van der Waals surface area contributed by atoms with Crippen LogP contribution >= 0.6 is 0 Å². The number of aliphatic carboxylic acids is 1. The highest BCUT2D eigenvalue weighted by atomic mass is 16.5. The Morgan fingerprint density at radius 2 is 2.25 bits per heavy atom. The normalized spacial score (nSPS) is 21.2. The molecule has 0 aromatic heterocycles. The Morgan fingerprint density at radius 3 is 2.85 bits per heavy atom. The van der Waals surface area contributed by atoms with E-state index < -0.39 is 12.1 Å². The maximum atomic E-state index is 11.8. The SMILES string of the molecule is CCN1CCCC(NC(=O)NCC(CC(=O)O)OC)C1. The number of carbonyl (C=O) groups is 2. The molecule has 1 aliphatic rings. The van der Waals surface area contributed by atoms with Crippen molar-refractivity contribution >= 4 is 12.0 Å². The van der Waals surface area contributed by atoms with Gasteiger partial charge in [0.05, 0.1) is 12.5 Å². The van der Waals surface area contributed by atoms with E-state index in [1.165, 1.54) is 7.11 Å². The van der Waals surface area contributed by atoms with Crippen molar-refractivity contribution in [3.8, 4) is 0 Å². The maximum Gasteiger partial charge on any atom is 0.315 e. The van der Waals surface area contributed by atoms with Gasteiger partial charge < -0.3 is 25.4 Å². The fourth-order valence-electron chi connectivity index (χ4n) is 2.34. The predicted octanol–water partition coefficient (Wildman–Crippen LogP) is 0.260. The predicted molar refractivity (Wildman–Crippen MR) is 74.7 cm³/mol. The number of carboxylic acids is 1. The number of likely N-dealkylation sites (tertiary alicyclic amines) is 1. The summed E-state index contributed by atoms with van der Waals surface area (Å²) >= 11 is 0. The van der Waals surface area contributed by atoms with Gasteiger partial charge in [0.2, 0.25) is 0 Å². The highest BCUT2D eigenvalue weighted by Gasteiger charge is 2.20. The molecule has 1 aliphatic heterocycles. The first-order chi connectivity index (χ1) is 9.55. The minimum Gasteiger partial charge on any atom is -0.481 e. The first-order valence-corrected chi connectivity index (χ1v) is 7.06. The van der Waals surface area contributed by atoms with Crippen molar-refractivity contribution in [2.24, 2.45) is 0 Å². The van der Waals surface area contributed by atoms with Gasteiger partial charge in [-0.2, -0.15) is 0 Å². The van der Waals surface area contributed by atoms with Crippen LogP contribution in [-0.2, 0) is 9.53 Å². The molecule has 0 radical (unpaired) electrons. The minimum atomic E-state index is -0.940. The highest BCUT2D eigenvalue weighted by molar-refractivity contribution is 5.74. The summed E-state index contributed by atoms with van der Waals surface area (Å²) < 4.78 is 5.00. The van der Waals surface area contributed by atoms with E-state index in [2.05, 4.69) is 22.5 Å². The van der Waals surface area contributed by atoms with Gasteiger partial charge in [-0.3, -0.25) is 4.79 Å². The van der Waals surface area contributed by atoms with Crippen molar-refractivity contribution < 1.29 is 19.4 Å². The van der Waals surface area contributed by atoms with Crippen LogP contribution in [0.15, 0.2) is 0 Å². The van der Waals surface area contributed by atoms with Crippen LogP contribution in [0.25, 0.3) is 0 Å². The lowest BCUT2D eigenvalue weighted by molar-refractivity contribution is -0.139. The summed E-state index contributed by atoms with van der Waals surface area (Å²) in [7, 11) is 1.44. The number of carboxylic acid groups (broad SMARTS) is 1. The van der Waals surface area contributed by atoms with Gasteiger partial charge in [0.1, 0.15) is 0 Å². The Labute approximate surface area is 119 Å². The topological polar surface area (TPSA) is 90.9 Å². The van der Waals surface area contributed by atoms with Gasteiger partial charge in [-0.25, -0.2) is 4.79 Å². The smallest absolute Gasteiger partial charge is 0.315 e. The number of hydrogen-bond acceptors (Lipinski definition) is 4. The van der Waals surface area contributed by atoms with E-state index in [1.54, 1.807) is 0 Å². The van der Waals surface area contributed by atoms with Crippen LogP contribution in [0.3, 0.4) is 0 Å². The second kappa shape index (κ2) is 8.76. The molecule has 7 heteroatoms. The van der Waals surface area contributed by atoms with Crippen LogP contribution in [0.1, 0.15) is 26.2 Å². The summed E-state index contributed by atoms with van der Waals surface area (Å²) in [6, 6.07) is -0.107. The summed E-state index contributed by atoms with van der Waals surface area (Å²) in [5, 5.41) is 14.3. The fourth-order valence-corrected chi connectivity index (χ4v) is 2.34. The number of carbonyl (C=O) groups excluding carboxylic acids is 1. The molecule has 0 bridgehead atoms. The first-order valence-electron chi connectivity index (χ1n) is 7.06. The summed E-state index contributed by atoms with van der Waals surface area (Å²) in [5.41, 5.74) is 0. The van der Waals surface area contributed by atoms with Crippen LogP contribution in [0.4, 0.5) is 4.79 Å². The fraction of sp³-hybridized carbons (Fsp3) is 0.846. The zero-order valence-electron chi connectivity index (χ0n) is 12.2. The molecule has 0 spiro atoms. The zero-order chi connectivity index (χ0) is 15.0. The molecule has 0 saturated carbocycles. The number of nitrogens with zero attached hydrogens (tertiary/aromatic N) is 1. The third-order valence-electron chi connectivity index (χ3n) is 3.51. The van der Waals surface area contributed by atoms with Gasteiger partial charge in [-0.05, 0) is 25.9 Å². The second-order valence-corrected chi connectivity index (χ2v) is 5.04. The highest BCUT2D eigenvalue weighted by Crippen LogP contribution is 2.09. The molecule has 2 unspecified atom stereocenters. The summed E-state index contributed by atoms with van der Waals surface area (Å²) in [6.45, 7) is 5.24. The van der Waals surface area contributed by atoms with E-state index in [9.17, 15) is 9.59 Å². The molecule has 1 heterocycles. The molecule has 0 aliphatic carbocycles. The number of ether oxygens (including phenoxy) is 1. The van der Waals surface area contributed by atoms with Crippen molar-refractivity contribution in [3.05, 3.63) is 0 Å². The molecular weight excluding hydrogens is 262 g/mol. The molecule has 0 aromatic rings. The third kappa shape index (κ3) is 6.21. The number of piperidine rings is 1. The van der Waals surface area contributed by atoms with Crippen LogP contribution in [0, 0.1) is 0 Å². The Morgan fingerprint density at radius 1 is 1.50 bits per heavy atom. The van der Waals surface area contributed by atoms with E-state index in [1.807, 2.05) is 0 Å². The third-order valence-corrected chi connectivity index (χ3v) is 3.51. The minimum absolute atomic E-state index is 0.121. The largest absolute Gasteiger partial charge is 0.481 e. The molecule has 7 nitrogen and oxygen atoms in total. The number of urea groups is 1. The Bertz CT molecular complexity index is 325. The maximum absolute atomic E-state index is 11.8. The standard InChI is InChI=1S/C13H25N3O4/c1-3-16-6-4-5-10(9-16)15-13(19)14-8-11(20-2)7-12(17)18/h10-11H,3-9H2,1-2H3,(H,17,18)(H2,14,15,19). The number of nitrogens with one attached hydrogen (secondary N) is 2. The molecule has 2 atom stereocenters. The van der Waals surface area contributed by atoms with Crippen molar-refractivity contribution in [1.82, 2.24) is 15.5 Å². The zero-order valence-corrected chi connectivity index (χ0v) is 12.2. The summed E-state index contributed by atoms with van der Waals surface area (Å²) in [6.07, 6.45) is 1.44. The second-order valence-electron chi connectivity index (χ2n) is 5.04. The first kappa shape index (κ1) is 16.7. The van der Waals surface area contributed by atoms with Crippen molar-refractivity contribution in [2.75, 3.05) is 33.3 Å². The lowest BCUT2D eigenvalue weighted by Crippen LogP contribution is -2.51. The van der Waals surface area contributed by atoms with E-state index in [0.717, 1.165) is 32.5 Å².